The first kappa shape index (κ1) is 23.8. The van der Waals surface area contributed by atoms with Gasteiger partial charge in [0.2, 0.25) is 11.9 Å². The molecule has 194 valence electrons. The van der Waals surface area contributed by atoms with Gasteiger partial charge in [-0.1, -0.05) is 0 Å². The van der Waals surface area contributed by atoms with Crippen LogP contribution in [-0.4, -0.2) is 62.2 Å². The number of aromatic nitrogens is 5. The number of amides is 1. The van der Waals surface area contributed by atoms with Gasteiger partial charge in [0.25, 0.3) is 5.91 Å². The van der Waals surface area contributed by atoms with E-state index in [-0.39, 0.29) is 31.2 Å². The lowest BCUT2D eigenvalue weighted by molar-refractivity contribution is -0.108. The topological polar surface area (TPSA) is 109 Å². The fourth-order valence-corrected chi connectivity index (χ4v) is 5.43. The number of aromatic amines is 1. The molecule has 0 unspecified atom stereocenters. The molecule has 0 bridgehead atoms. The molecule has 4 heterocycles. The number of halogens is 2. The van der Waals surface area contributed by atoms with Crippen molar-refractivity contribution in [1.82, 2.24) is 29.9 Å². The second kappa shape index (κ2) is 9.37. The number of hydrogen-bond acceptors (Lipinski definition) is 6. The van der Waals surface area contributed by atoms with E-state index in [9.17, 15) is 13.6 Å². The molecule has 0 radical (unpaired) electrons. The molecular weight excluding hydrogens is 480 g/mol. The first-order chi connectivity index (χ1) is 17.9. The standard InChI is InChI=1S/C26H29F2N7O2/c1-37-18-4-2-17(3-5-18)33-25-31-13-20-19(12-29-23(20)34-25)16-6-7-35-22(8-16)21(14-32-35)24(36)30-11-15-9-26(27,28)10-15/h6-8,12-15,17-18H,2-5,9-11H2,1H3,(H,30,36)(H2,29,31,33,34)/t17-,18+. The maximum absolute atomic E-state index is 13.1. The number of hydrogen-bond donors (Lipinski definition) is 3. The molecule has 2 saturated carbocycles. The Bertz CT molecular complexity index is 1430. The SMILES string of the molecule is CO[C@H]1CC[C@@H](Nc2ncc3c(-c4ccn5ncc(C(=O)NCC6CC(F)(F)C6)c5c4)c[nH]c3n2)CC1. The number of nitrogens with one attached hydrogen (secondary N) is 3. The molecule has 3 N–H and O–H groups in total. The van der Waals surface area contributed by atoms with Crippen molar-refractivity contribution in [2.24, 2.45) is 5.92 Å². The molecule has 2 aliphatic rings. The summed E-state index contributed by atoms with van der Waals surface area (Å²) >= 11 is 0. The Hall–Kier alpha value is -3.60. The van der Waals surface area contributed by atoms with Crippen LogP contribution in [0.15, 0.2) is 36.9 Å². The molecule has 37 heavy (non-hydrogen) atoms. The van der Waals surface area contributed by atoms with Crippen LogP contribution in [0.2, 0.25) is 0 Å². The van der Waals surface area contributed by atoms with Crippen LogP contribution in [0.3, 0.4) is 0 Å². The predicted octanol–water partition coefficient (Wildman–Crippen LogP) is 4.42. The first-order valence-electron chi connectivity index (χ1n) is 12.7. The highest BCUT2D eigenvalue weighted by atomic mass is 19.3. The van der Waals surface area contributed by atoms with E-state index in [0.29, 0.717) is 29.2 Å². The Morgan fingerprint density at radius 3 is 2.81 bits per heavy atom. The predicted molar refractivity (Wildman–Crippen MR) is 135 cm³/mol. The zero-order valence-electron chi connectivity index (χ0n) is 20.5. The van der Waals surface area contributed by atoms with Gasteiger partial charge in [0.1, 0.15) is 5.65 Å². The summed E-state index contributed by atoms with van der Waals surface area (Å²) in [5.74, 6) is -2.52. The van der Waals surface area contributed by atoms with Gasteiger partial charge in [-0.2, -0.15) is 10.1 Å². The van der Waals surface area contributed by atoms with Gasteiger partial charge in [-0.15, -0.1) is 0 Å². The van der Waals surface area contributed by atoms with Crippen LogP contribution in [-0.2, 0) is 4.74 Å². The average Bonchev–Trinajstić information content (AvgIpc) is 3.50. The fourth-order valence-electron chi connectivity index (χ4n) is 5.43. The van der Waals surface area contributed by atoms with E-state index in [0.717, 1.165) is 47.8 Å². The molecule has 0 aromatic carbocycles. The first-order valence-corrected chi connectivity index (χ1v) is 12.7. The average molecular weight is 510 g/mol. The maximum atomic E-state index is 13.1. The van der Waals surface area contributed by atoms with E-state index in [2.05, 4.69) is 30.7 Å². The third-order valence-electron chi connectivity index (χ3n) is 7.58. The van der Waals surface area contributed by atoms with Crippen molar-refractivity contribution < 1.29 is 18.3 Å². The number of H-pyrrole nitrogens is 1. The van der Waals surface area contributed by atoms with Gasteiger partial charge < -0.3 is 20.4 Å². The van der Waals surface area contributed by atoms with Crippen LogP contribution in [0.25, 0.3) is 27.7 Å². The normalized spacial score (nSPS) is 21.7. The lowest BCUT2D eigenvalue weighted by Gasteiger charge is -2.34. The Labute approximate surface area is 212 Å². The van der Waals surface area contributed by atoms with E-state index in [1.165, 1.54) is 6.20 Å². The third kappa shape index (κ3) is 4.75. The minimum Gasteiger partial charge on any atom is -0.381 e. The maximum Gasteiger partial charge on any atom is 0.255 e. The van der Waals surface area contributed by atoms with Crippen molar-refractivity contribution in [1.29, 1.82) is 0 Å². The number of alkyl halides is 2. The summed E-state index contributed by atoms with van der Waals surface area (Å²) in [6, 6.07) is 4.14. The summed E-state index contributed by atoms with van der Waals surface area (Å²) in [6.07, 6.45) is 11.0. The number of carbonyl (C=O) groups excluding carboxylic acids is 1. The van der Waals surface area contributed by atoms with Gasteiger partial charge in [0, 0.05) is 62.1 Å². The molecule has 6 rings (SSSR count). The number of rotatable bonds is 7. The van der Waals surface area contributed by atoms with Crippen LogP contribution in [0, 0.1) is 5.92 Å². The van der Waals surface area contributed by atoms with Gasteiger partial charge in [-0.3, -0.25) is 4.79 Å². The Morgan fingerprint density at radius 1 is 1.24 bits per heavy atom. The molecule has 0 atom stereocenters. The van der Waals surface area contributed by atoms with Crippen LogP contribution >= 0.6 is 0 Å². The lowest BCUT2D eigenvalue weighted by Crippen LogP contribution is -2.42. The summed E-state index contributed by atoms with van der Waals surface area (Å²) in [4.78, 5) is 25.2. The molecule has 11 heteroatoms. The molecule has 0 spiro atoms. The van der Waals surface area contributed by atoms with E-state index < -0.39 is 5.92 Å². The number of methoxy groups -OCH3 is 1. The quantitative estimate of drug-likeness (QED) is 0.340. The van der Waals surface area contributed by atoms with Crippen molar-refractivity contribution >= 4 is 28.4 Å². The number of carbonyl (C=O) groups is 1. The van der Waals surface area contributed by atoms with Crippen molar-refractivity contribution in [3.63, 3.8) is 0 Å². The summed E-state index contributed by atoms with van der Waals surface area (Å²) in [5, 5.41) is 11.4. The number of ether oxygens (including phenoxy) is 1. The van der Waals surface area contributed by atoms with Crippen molar-refractivity contribution in [2.45, 2.75) is 56.6 Å². The molecule has 2 aliphatic carbocycles. The highest BCUT2D eigenvalue weighted by Gasteiger charge is 2.45. The lowest BCUT2D eigenvalue weighted by atomic mass is 9.81. The largest absolute Gasteiger partial charge is 0.381 e. The summed E-state index contributed by atoms with van der Waals surface area (Å²) in [5.41, 5.74) is 3.55. The van der Waals surface area contributed by atoms with Crippen molar-refractivity contribution in [3.8, 4) is 11.1 Å². The molecule has 4 aromatic rings. The van der Waals surface area contributed by atoms with E-state index in [1.54, 1.807) is 24.0 Å². The van der Waals surface area contributed by atoms with Crippen LogP contribution in [0.5, 0.6) is 0 Å². The number of nitrogens with zero attached hydrogens (tertiary/aromatic N) is 4. The highest BCUT2D eigenvalue weighted by molar-refractivity contribution is 6.02. The Balaban J connectivity index is 1.19. The molecular formula is C26H29F2N7O2. The molecule has 0 saturated heterocycles. The highest BCUT2D eigenvalue weighted by Crippen LogP contribution is 2.41. The van der Waals surface area contributed by atoms with E-state index >= 15 is 0 Å². The second-order valence-corrected chi connectivity index (χ2v) is 10.2. The summed E-state index contributed by atoms with van der Waals surface area (Å²) in [7, 11) is 1.76. The fraction of sp³-hybridized carbons (Fsp3) is 0.462. The number of fused-ring (bicyclic) bond motifs is 2. The van der Waals surface area contributed by atoms with Crippen LogP contribution in [0.1, 0.15) is 48.9 Å². The van der Waals surface area contributed by atoms with Crippen molar-refractivity contribution in [3.05, 3.63) is 42.5 Å². The van der Waals surface area contributed by atoms with Gasteiger partial charge in [-0.05, 0) is 49.3 Å². The van der Waals surface area contributed by atoms with E-state index in [4.69, 9.17) is 4.74 Å². The van der Waals surface area contributed by atoms with Gasteiger partial charge >= 0.3 is 0 Å². The Morgan fingerprint density at radius 2 is 2.05 bits per heavy atom. The zero-order valence-corrected chi connectivity index (χ0v) is 20.5. The van der Waals surface area contributed by atoms with Gasteiger partial charge in [0.15, 0.2) is 0 Å². The third-order valence-corrected chi connectivity index (χ3v) is 7.58. The molecule has 1 amide bonds. The Kier molecular flexibility index (Phi) is 6.02. The van der Waals surface area contributed by atoms with Gasteiger partial charge in [-0.25, -0.2) is 18.3 Å². The molecule has 2 fully saturated rings. The minimum absolute atomic E-state index is 0.180. The summed E-state index contributed by atoms with van der Waals surface area (Å²) in [6.45, 7) is 0.232. The van der Waals surface area contributed by atoms with Gasteiger partial charge in [0.05, 0.1) is 23.4 Å². The number of anilines is 1. The summed E-state index contributed by atoms with van der Waals surface area (Å²) < 4.78 is 33.3. The monoisotopic (exact) mass is 509 g/mol. The van der Waals surface area contributed by atoms with Crippen LogP contribution < -0.4 is 10.6 Å². The zero-order chi connectivity index (χ0) is 25.6. The molecule has 9 nitrogen and oxygen atoms in total. The minimum atomic E-state index is -2.60. The van der Waals surface area contributed by atoms with Crippen molar-refractivity contribution in [2.75, 3.05) is 19.0 Å². The smallest absolute Gasteiger partial charge is 0.255 e. The second-order valence-electron chi connectivity index (χ2n) is 10.2. The molecule has 4 aromatic heterocycles. The van der Waals surface area contributed by atoms with Crippen LogP contribution in [0.4, 0.5) is 14.7 Å². The van der Waals surface area contributed by atoms with E-state index in [1.807, 2.05) is 18.3 Å². The molecule has 0 aliphatic heterocycles. The number of pyridine rings is 1.